The molecule has 3 aliphatic rings. The molecule has 0 atom stereocenters. The fourth-order valence-corrected chi connectivity index (χ4v) is 55.1. The van der Waals surface area contributed by atoms with Crippen molar-refractivity contribution in [3.63, 3.8) is 0 Å². The van der Waals surface area contributed by atoms with E-state index in [9.17, 15) is 0 Å². The highest BCUT2D eigenvalue weighted by molar-refractivity contribution is 7.11. The molecule has 70 heavy (non-hydrogen) atoms. The Morgan fingerprint density at radius 2 is 0.386 bits per heavy atom. The predicted octanol–water partition coefficient (Wildman–Crippen LogP) is 4.10. The minimum atomic E-state index is -4.78. The van der Waals surface area contributed by atoms with Crippen molar-refractivity contribution in [1.82, 2.24) is 0 Å². The molecular weight excluding hydrogens is 1050 g/mol. The standard InChI is InChI=1S/C48H56O12Si10/c1-61(2)49-64(42-28-14-7-15-29-42)52-67(45-34-20-10-21-35-45)54-65(50-62(3)4,43-30-16-8-17-31-43)56-69(47-38-24-12-25-39-47)57-66(51-63(5)6,44-32-18-9-19-33-44)55-68(53-64,46-36-22-11-23-37-46)59-70(58-67,60-69)48-40-26-13-27-41-48/h7-41,61-63H,1-6H3. The largest absolute Gasteiger partial charge is 0.515 e. The summed E-state index contributed by atoms with van der Waals surface area (Å²) < 4.78 is 96.5. The number of rotatable bonds is 13. The van der Waals surface area contributed by atoms with Crippen molar-refractivity contribution < 1.29 is 49.4 Å². The third-order valence-corrected chi connectivity index (χ3v) is 47.5. The first-order valence-corrected chi connectivity index (χ1v) is 44.0. The van der Waals surface area contributed by atoms with E-state index in [0.29, 0.717) is 36.3 Å². The Hall–Kier alpha value is -3.77. The highest BCUT2D eigenvalue weighted by Gasteiger charge is 2.81. The van der Waals surface area contributed by atoms with Crippen molar-refractivity contribution in [1.29, 1.82) is 0 Å². The lowest BCUT2D eigenvalue weighted by Crippen LogP contribution is -2.91. The average molecular weight is 1110 g/mol. The molecule has 3 heterocycles. The Morgan fingerprint density at radius 3 is 0.557 bits per heavy atom. The van der Waals surface area contributed by atoms with Crippen LogP contribution in [0.3, 0.4) is 0 Å². The lowest BCUT2D eigenvalue weighted by atomic mass is 10.4. The summed E-state index contributed by atoms with van der Waals surface area (Å²) in [7, 11) is -39.2. The highest BCUT2D eigenvalue weighted by Crippen LogP contribution is 2.43. The van der Waals surface area contributed by atoms with Gasteiger partial charge in [-0.1, -0.05) is 212 Å². The molecule has 4 bridgehead atoms. The van der Waals surface area contributed by atoms with E-state index in [0.717, 1.165) is 0 Å². The van der Waals surface area contributed by atoms with Crippen molar-refractivity contribution >= 4 is 125 Å². The first-order valence-electron chi connectivity index (χ1n) is 23.6. The summed E-state index contributed by atoms with van der Waals surface area (Å²) in [4.78, 5) is 0. The van der Waals surface area contributed by atoms with Crippen molar-refractivity contribution in [3.8, 4) is 0 Å². The maximum absolute atomic E-state index is 8.24. The molecule has 0 unspecified atom stereocenters. The van der Waals surface area contributed by atoms with Crippen LogP contribution >= 0.6 is 0 Å². The Kier molecular flexibility index (Phi) is 14.4. The summed E-state index contributed by atoms with van der Waals surface area (Å²) >= 11 is 0. The van der Waals surface area contributed by atoms with Crippen molar-refractivity contribution in [2.24, 2.45) is 0 Å². The molecule has 0 radical (unpaired) electrons. The Bertz CT molecular complexity index is 2520. The van der Waals surface area contributed by atoms with Crippen molar-refractivity contribution in [3.05, 3.63) is 212 Å². The van der Waals surface area contributed by atoms with Crippen molar-refractivity contribution in [2.45, 2.75) is 39.3 Å². The molecule has 3 fully saturated rings. The van der Waals surface area contributed by atoms with E-state index in [1.54, 1.807) is 0 Å². The number of hydrogen-bond donors (Lipinski definition) is 0. The maximum atomic E-state index is 8.24. The average Bonchev–Trinajstić information content (AvgIpc) is 3.36. The zero-order valence-corrected chi connectivity index (χ0v) is 50.3. The molecule has 0 aromatic heterocycles. The van der Waals surface area contributed by atoms with Crippen LogP contribution in [-0.2, 0) is 49.4 Å². The molecule has 22 heteroatoms. The SMILES string of the molecule is C[SiH](C)O[Si]1(c2ccccc2)O[Si]2(c3ccccc3)O[Si](O[SiH](C)C)(c3ccccc3)O[Si]3(c4ccccc4)O[Si](O[SiH](C)C)(c4ccccc4)O[Si](c4ccccc4)(O1)O[Si](c1ccccc1)(O2)O3. The van der Waals surface area contributed by atoms with Gasteiger partial charge in [0.2, 0.25) is 0 Å². The van der Waals surface area contributed by atoms with Crippen LogP contribution < -0.4 is 36.3 Å². The Morgan fingerprint density at radius 1 is 0.229 bits per heavy atom. The monoisotopic (exact) mass is 1100 g/mol. The summed E-state index contributed by atoms with van der Waals surface area (Å²) in [5.41, 5.74) is 0. The molecule has 7 aromatic rings. The van der Waals surface area contributed by atoms with E-state index < -0.39 is 88.8 Å². The summed E-state index contributed by atoms with van der Waals surface area (Å²) in [6.07, 6.45) is 0. The molecule has 360 valence electrons. The molecule has 0 saturated carbocycles. The summed E-state index contributed by atoms with van der Waals surface area (Å²) in [6, 6.07) is 68.5. The molecular formula is C48H56O12Si10. The van der Waals surface area contributed by atoms with Gasteiger partial charge >= 0.3 is 61.6 Å². The quantitative estimate of drug-likeness (QED) is 0.155. The summed E-state index contributed by atoms with van der Waals surface area (Å²) in [5.74, 6) is 0. The van der Waals surface area contributed by atoms with Gasteiger partial charge in [0.1, 0.15) is 0 Å². The van der Waals surface area contributed by atoms with Gasteiger partial charge < -0.3 is 49.4 Å². The highest BCUT2D eigenvalue weighted by atomic mass is 28.6. The second-order valence-corrected chi connectivity index (χ2v) is 46.2. The molecule has 10 rings (SSSR count). The lowest BCUT2D eigenvalue weighted by Gasteiger charge is -2.58. The predicted molar refractivity (Wildman–Crippen MR) is 292 cm³/mol. The molecule has 0 N–H and O–H groups in total. The van der Waals surface area contributed by atoms with Crippen LogP contribution in [0.25, 0.3) is 0 Å². The van der Waals surface area contributed by atoms with E-state index >= 15 is 0 Å². The van der Waals surface area contributed by atoms with Crippen LogP contribution in [0.15, 0.2) is 212 Å². The fourth-order valence-electron chi connectivity index (χ4n) is 8.74. The van der Waals surface area contributed by atoms with Crippen LogP contribution in [-0.4, -0.2) is 88.8 Å². The van der Waals surface area contributed by atoms with Gasteiger partial charge in [-0.25, -0.2) is 0 Å². The van der Waals surface area contributed by atoms with Crippen LogP contribution in [0.5, 0.6) is 0 Å². The van der Waals surface area contributed by atoms with E-state index in [1.807, 2.05) is 212 Å². The van der Waals surface area contributed by atoms with Gasteiger partial charge in [0.05, 0.1) is 0 Å². The number of fused-ring (bicyclic) bond motifs is 3. The third kappa shape index (κ3) is 9.64. The Balaban J connectivity index is 1.44. The number of hydrogen-bond acceptors (Lipinski definition) is 12. The zero-order valence-electron chi connectivity index (χ0n) is 39.8. The van der Waals surface area contributed by atoms with E-state index in [2.05, 4.69) is 39.3 Å². The first-order chi connectivity index (χ1) is 33.8. The Labute approximate surface area is 423 Å². The second-order valence-electron chi connectivity index (χ2n) is 17.9. The molecule has 0 spiro atoms. The second kappa shape index (κ2) is 20.3. The first kappa shape index (κ1) is 49.8. The van der Waals surface area contributed by atoms with Crippen LogP contribution in [0.4, 0.5) is 0 Å². The molecule has 12 nitrogen and oxygen atoms in total. The van der Waals surface area contributed by atoms with Crippen LogP contribution in [0, 0.1) is 0 Å². The minimum absolute atomic E-state index is 0.587. The van der Waals surface area contributed by atoms with Crippen LogP contribution in [0.1, 0.15) is 0 Å². The van der Waals surface area contributed by atoms with Gasteiger partial charge in [0.25, 0.3) is 0 Å². The molecule has 7 aromatic carbocycles. The third-order valence-electron chi connectivity index (χ3n) is 11.5. The summed E-state index contributed by atoms with van der Waals surface area (Å²) in [6.45, 7) is 12.6. The van der Waals surface area contributed by atoms with Gasteiger partial charge in [-0.3, -0.25) is 0 Å². The van der Waals surface area contributed by atoms with Crippen LogP contribution in [0.2, 0.25) is 39.3 Å². The lowest BCUT2D eigenvalue weighted by molar-refractivity contribution is 0.0396. The van der Waals surface area contributed by atoms with Gasteiger partial charge in [-0.05, 0) is 39.3 Å². The maximum Gasteiger partial charge on any atom is 0.515 e. The van der Waals surface area contributed by atoms with Gasteiger partial charge in [0.15, 0.2) is 27.1 Å². The van der Waals surface area contributed by atoms with E-state index in [-0.39, 0.29) is 0 Å². The van der Waals surface area contributed by atoms with Gasteiger partial charge in [-0.15, -0.1) is 0 Å². The smallest absolute Gasteiger partial charge is 0.416 e. The van der Waals surface area contributed by atoms with E-state index in [4.69, 9.17) is 49.4 Å². The van der Waals surface area contributed by atoms with Crippen molar-refractivity contribution in [2.75, 3.05) is 0 Å². The minimum Gasteiger partial charge on any atom is -0.416 e. The van der Waals surface area contributed by atoms with E-state index in [1.165, 1.54) is 0 Å². The fraction of sp³-hybridized carbons (Fsp3) is 0.125. The number of benzene rings is 7. The molecule has 3 saturated heterocycles. The zero-order chi connectivity index (χ0) is 48.5. The molecule has 0 amide bonds. The summed E-state index contributed by atoms with van der Waals surface area (Å²) in [5, 5.41) is 4.38. The van der Waals surface area contributed by atoms with Gasteiger partial charge in [-0.2, -0.15) is 0 Å². The molecule has 0 aliphatic carbocycles. The normalized spacial score (nSPS) is 30.0. The topological polar surface area (TPSA) is 111 Å². The molecule has 3 aliphatic heterocycles. The van der Waals surface area contributed by atoms with Gasteiger partial charge in [0, 0.05) is 36.3 Å².